The second-order valence-electron chi connectivity index (χ2n) is 4.69. The van der Waals surface area contributed by atoms with Gasteiger partial charge in [-0.25, -0.2) is 0 Å². The smallest absolute Gasteiger partial charge is 0.0613 e. The second-order valence-corrected chi connectivity index (χ2v) is 4.69. The molecule has 2 saturated carbocycles. The van der Waals surface area contributed by atoms with Gasteiger partial charge in [0, 0.05) is 5.54 Å². The molecule has 0 saturated heterocycles. The molecule has 70 valence electrons. The Bertz CT molecular complexity index is 159. The van der Waals surface area contributed by atoms with Crippen molar-refractivity contribution in [2.24, 2.45) is 5.41 Å². The third-order valence-electron chi connectivity index (χ3n) is 4.06. The highest BCUT2D eigenvalue weighted by Crippen LogP contribution is 2.57. The van der Waals surface area contributed by atoms with Gasteiger partial charge in [0.25, 0.3) is 0 Å². The lowest BCUT2D eigenvalue weighted by Crippen LogP contribution is -2.49. The summed E-state index contributed by atoms with van der Waals surface area (Å²) in [6, 6.07) is 0. The van der Waals surface area contributed by atoms with Gasteiger partial charge in [-0.2, -0.15) is 0 Å². The summed E-state index contributed by atoms with van der Waals surface area (Å²) < 4.78 is 0. The first kappa shape index (κ1) is 8.52. The van der Waals surface area contributed by atoms with Crippen LogP contribution in [0.4, 0.5) is 0 Å². The number of nitrogens with one attached hydrogen (secondary N) is 1. The maximum Gasteiger partial charge on any atom is 0.0613 e. The number of hydrogen-bond donors (Lipinski definition) is 2. The maximum atomic E-state index is 9.27. The van der Waals surface area contributed by atoms with E-state index in [1.54, 1.807) is 0 Å². The molecule has 0 amide bonds. The largest absolute Gasteiger partial charge is 0.394 e. The predicted octanol–water partition coefficient (Wildman–Crippen LogP) is 1.29. The van der Waals surface area contributed by atoms with Crippen molar-refractivity contribution in [1.29, 1.82) is 0 Å². The van der Waals surface area contributed by atoms with E-state index in [9.17, 15) is 5.11 Å². The molecule has 1 spiro atoms. The lowest BCUT2D eigenvalue weighted by molar-refractivity contribution is 0.103. The molecule has 0 unspecified atom stereocenters. The Morgan fingerprint density at radius 3 is 1.92 bits per heavy atom. The molecule has 0 aliphatic heterocycles. The van der Waals surface area contributed by atoms with E-state index in [-0.39, 0.29) is 5.54 Å². The average molecular weight is 169 g/mol. The van der Waals surface area contributed by atoms with Crippen molar-refractivity contribution in [3.05, 3.63) is 0 Å². The number of rotatable bonds is 2. The van der Waals surface area contributed by atoms with Crippen LogP contribution in [-0.2, 0) is 0 Å². The third kappa shape index (κ3) is 1.27. The van der Waals surface area contributed by atoms with E-state index >= 15 is 0 Å². The van der Waals surface area contributed by atoms with E-state index in [4.69, 9.17) is 0 Å². The van der Waals surface area contributed by atoms with Crippen LogP contribution < -0.4 is 5.32 Å². The molecule has 2 fully saturated rings. The summed E-state index contributed by atoms with van der Waals surface area (Å²) in [5.41, 5.74) is 0.795. The molecule has 12 heavy (non-hydrogen) atoms. The van der Waals surface area contributed by atoms with Gasteiger partial charge in [-0.05, 0) is 51.0 Å². The van der Waals surface area contributed by atoms with Crippen molar-refractivity contribution >= 4 is 0 Å². The first-order valence-corrected chi connectivity index (χ1v) is 5.04. The van der Waals surface area contributed by atoms with Crippen molar-refractivity contribution in [3.8, 4) is 0 Å². The Morgan fingerprint density at radius 1 is 1.08 bits per heavy atom. The van der Waals surface area contributed by atoms with Crippen LogP contribution in [0.1, 0.15) is 38.5 Å². The Hall–Kier alpha value is -0.0800. The van der Waals surface area contributed by atoms with Gasteiger partial charge in [-0.1, -0.05) is 0 Å². The van der Waals surface area contributed by atoms with E-state index < -0.39 is 0 Å². The zero-order valence-corrected chi connectivity index (χ0v) is 7.90. The van der Waals surface area contributed by atoms with Crippen LogP contribution >= 0.6 is 0 Å². The molecule has 0 heterocycles. The van der Waals surface area contributed by atoms with Crippen molar-refractivity contribution in [1.82, 2.24) is 5.32 Å². The number of hydrogen-bond acceptors (Lipinski definition) is 2. The lowest BCUT2D eigenvalue weighted by atomic mass is 9.75. The van der Waals surface area contributed by atoms with Gasteiger partial charge in [0.1, 0.15) is 0 Å². The maximum absolute atomic E-state index is 9.27. The second kappa shape index (κ2) is 2.71. The fourth-order valence-electron chi connectivity index (χ4n) is 2.42. The normalized spacial score (nSPS) is 30.5. The zero-order chi connectivity index (χ0) is 8.66. The minimum atomic E-state index is 0.0633. The Balaban J connectivity index is 1.95. The summed E-state index contributed by atoms with van der Waals surface area (Å²) in [7, 11) is 1.97. The predicted molar refractivity (Wildman–Crippen MR) is 49.0 cm³/mol. The summed E-state index contributed by atoms with van der Waals surface area (Å²) >= 11 is 0. The number of likely N-dealkylation sites (N-methyl/N-ethyl adjacent to an activating group) is 1. The van der Waals surface area contributed by atoms with Crippen LogP contribution in [-0.4, -0.2) is 24.3 Å². The van der Waals surface area contributed by atoms with Crippen LogP contribution in [0.15, 0.2) is 0 Å². The van der Waals surface area contributed by atoms with Crippen LogP contribution in [0, 0.1) is 5.41 Å². The van der Waals surface area contributed by atoms with Crippen molar-refractivity contribution in [2.45, 2.75) is 44.1 Å². The molecule has 2 N–H and O–H groups in total. The van der Waals surface area contributed by atoms with Crippen LogP contribution in [0.2, 0.25) is 0 Å². The van der Waals surface area contributed by atoms with E-state index in [0.717, 1.165) is 5.41 Å². The quantitative estimate of drug-likeness (QED) is 0.653. The minimum Gasteiger partial charge on any atom is -0.394 e. The Morgan fingerprint density at radius 2 is 1.58 bits per heavy atom. The highest BCUT2D eigenvalue weighted by molar-refractivity contribution is 5.03. The summed E-state index contributed by atoms with van der Waals surface area (Å²) in [5.74, 6) is 0. The topological polar surface area (TPSA) is 32.3 Å². The molecule has 0 radical (unpaired) electrons. The third-order valence-corrected chi connectivity index (χ3v) is 4.06. The van der Waals surface area contributed by atoms with Crippen LogP contribution in [0.3, 0.4) is 0 Å². The van der Waals surface area contributed by atoms with E-state index in [1.165, 1.54) is 38.5 Å². The van der Waals surface area contributed by atoms with Gasteiger partial charge in [-0.3, -0.25) is 0 Å². The fraction of sp³-hybridized carbons (Fsp3) is 1.00. The molecule has 0 atom stereocenters. The Kier molecular flexibility index (Phi) is 1.92. The molecule has 0 aromatic rings. The van der Waals surface area contributed by atoms with E-state index in [2.05, 4.69) is 5.32 Å². The van der Waals surface area contributed by atoms with Crippen LogP contribution in [0.5, 0.6) is 0 Å². The zero-order valence-electron chi connectivity index (χ0n) is 7.90. The molecule has 2 rings (SSSR count). The van der Waals surface area contributed by atoms with E-state index in [1.807, 2.05) is 7.05 Å². The average Bonchev–Trinajstić information content (AvgIpc) is 2.88. The molecular formula is C10H19NO. The lowest BCUT2D eigenvalue weighted by Gasteiger charge is -2.39. The summed E-state index contributed by atoms with van der Waals surface area (Å²) in [6.07, 6.45) is 7.87. The molecule has 2 nitrogen and oxygen atoms in total. The molecule has 0 aromatic carbocycles. The van der Waals surface area contributed by atoms with Gasteiger partial charge in [-0.15, -0.1) is 0 Å². The van der Waals surface area contributed by atoms with Gasteiger partial charge in [0.05, 0.1) is 6.61 Å². The summed E-state index contributed by atoms with van der Waals surface area (Å²) in [6.45, 7) is 0.305. The minimum absolute atomic E-state index is 0.0633. The molecule has 0 bridgehead atoms. The SMILES string of the molecule is CNC1(CO)CCC2(CC2)CC1. The Labute approximate surface area is 74.4 Å². The summed E-state index contributed by atoms with van der Waals surface area (Å²) in [4.78, 5) is 0. The van der Waals surface area contributed by atoms with Crippen molar-refractivity contribution < 1.29 is 5.11 Å². The first-order valence-electron chi connectivity index (χ1n) is 5.04. The highest BCUT2D eigenvalue weighted by atomic mass is 16.3. The van der Waals surface area contributed by atoms with Gasteiger partial charge >= 0.3 is 0 Å². The van der Waals surface area contributed by atoms with Gasteiger partial charge in [0.15, 0.2) is 0 Å². The molecular weight excluding hydrogens is 150 g/mol. The molecule has 0 aromatic heterocycles. The molecule has 2 aliphatic carbocycles. The van der Waals surface area contributed by atoms with Gasteiger partial charge in [0.2, 0.25) is 0 Å². The monoisotopic (exact) mass is 169 g/mol. The van der Waals surface area contributed by atoms with Crippen molar-refractivity contribution in [3.63, 3.8) is 0 Å². The molecule has 2 aliphatic rings. The van der Waals surface area contributed by atoms with E-state index in [0.29, 0.717) is 6.61 Å². The molecule has 2 heteroatoms. The highest BCUT2D eigenvalue weighted by Gasteiger charge is 2.48. The van der Waals surface area contributed by atoms with Crippen LogP contribution in [0.25, 0.3) is 0 Å². The number of aliphatic hydroxyl groups excluding tert-OH is 1. The van der Waals surface area contributed by atoms with Gasteiger partial charge < -0.3 is 10.4 Å². The van der Waals surface area contributed by atoms with Crippen molar-refractivity contribution in [2.75, 3.05) is 13.7 Å². The number of aliphatic hydroxyl groups is 1. The fourth-order valence-corrected chi connectivity index (χ4v) is 2.42. The summed E-state index contributed by atoms with van der Waals surface area (Å²) in [5, 5.41) is 12.6. The standard InChI is InChI=1S/C10H19NO/c1-11-10(8-12)6-4-9(2-3-9)5-7-10/h11-12H,2-8H2,1H3. The first-order chi connectivity index (χ1) is 5.74.